The minimum absolute atomic E-state index is 0.150. The maximum atomic E-state index is 13.2. The molecule has 0 aliphatic carbocycles. The Labute approximate surface area is 233 Å². The van der Waals surface area contributed by atoms with Gasteiger partial charge in [-0.15, -0.1) is 11.3 Å². The number of hydrogen-bond acceptors (Lipinski definition) is 8. The highest BCUT2D eigenvalue weighted by atomic mass is 32.1. The average Bonchev–Trinajstić information content (AvgIpc) is 3.37. The number of benzene rings is 2. The number of dihydropyridines is 1. The van der Waals surface area contributed by atoms with E-state index in [1.54, 1.807) is 63.4 Å². The van der Waals surface area contributed by atoms with Crippen molar-refractivity contribution in [2.24, 2.45) is 0 Å². The molecule has 0 fully saturated rings. The van der Waals surface area contributed by atoms with Gasteiger partial charge in [-0.3, -0.25) is 0 Å². The zero-order valence-electron chi connectivity index (χ0n) is 22.3. The number of nitrogens with zero attached hydrogens (tertiary/aromatic N) is 1. The van der Waals surface area contributed by atoms with E-state index in [1.807, 2.05) is 0 Å². The molecule has 40 heavy (non-hydrogen) atoms. The van der Waals surface area contributed by atoms with Crippen LogP contribution in [0.25, 0.3) is 11.3 Å². The van der Waals surface area contributed by atoms with Gasteiger partial charge in [0.2, 0.25) is 0 Å². The fourth-order valence-electron chi connectivity index (χ4n) is 4.56. The van der Waals surface area contributed by atoms with Crippen LogP contribution in [0, 0.1) is 0 Å². The van der Waals surface area contributed by atoms with Crippen molar-refractivity contribution in [2.75, 3.05) is 18.5 Å². The summed E-state index contributed by atoms with van der Waals surface area (Å²) in [4.78, 5) is 30.8. The Morgan fingerprint density at radius 1 is 0.975 bits per heavy atom. The van der Waals surface area contributed by atoms with Gasteiger partial charge >= 0.3 is 18.1 Å². The number of carbonyl (C=O) groups is 2. The zero-order chi connectivity index (χ0) is 29.0. The van der Waals surface area contributed by atoms with Crippen LogP contribution in [-0.2, 0) is 25.2 Å². The van der Waals surface area contributed by atoms with Crippen molar-refractivity contribution >= 4 is 34.1 Å². The Morgan fingerprint density at radius 2 is 1.60 bits per heavy atom. The number of rotatable bonds is 8. The predicted octanol–water partition coefficient (Wildman–Crippen LogP) is 6.93. The molecule has 4 rings (SSSR count). The first kappa shape index (κ1) is 28.9. The van der Waals surface area contributed by atoms with Gasteiger partial charge < -0.3 is 20.1 Å². The van der Waals surface area contributed by atoms with Crippen LogP contribution in [0.15, 0.2) is 76.5 Å². The first-order valence-corrected chi connectivity index (χ1v) is 13.4. The van der Waals surface area contributed by atoms with E-state index in [9.17, 15) is 22.8 Å². The number of nitrogens with one attached hydrogen (secondary N) is 2. The van der Waals surface area contributed by atoms with Gasteiger partial charge in [-0.1, -0.05) is 30.3 Å². The van der Waals surface area contributed by atoms with Crippen molar-refractivity contribution in [3.63, 3.8) is 0 Å². The zero-order valence-corrected chi connectivity index (χ0v) is 23.1. The molecule has 0 radical (unpaired) electrons. The van der Waals surface area contributed by atoms with E-state index >= 15 is 0 Å². The van der Waals surface area contributed by atoms with Crippen molar-refractivity contribution in [2.45, 2.75) is 39.8 Å². The van der Waals surface area contributed by atoms with E-state index in [-0.39, 0.29) is 24.4 Å². The molecule has 3 aromatic rings. The van der Waals surface area contributed by atoms with Crippen molar-refractivity contribution in [1.82, 2.24) is 10.3 Å². The fraction of sp³-hybridized carbons (Fsp3) is 0.276. The van der Waals surface area contributed by atoms with E-state index in [1.165, 1.54) is 17.4 Å². The predicted molar refractivity (Wildman–Crippen MR) is 147 cm³/mol. The topological polar surface area (TPSA) is 89.5 Å². The lowest BCUT2D eigenvalue weighted by molar-refractivity contribution is -0.140. The summed E-state index contributed by atoms with van der Waals surface area (Å²) in [6, 6.07) is 12.1. The average molecular weight is 572 g/mol. The molecule has 210 valence electrons. The quantitative estimate of drug-likeness (QED) is 0.283. The Balaban J connectivity index is 1.76. The van der Waals surface area contributed by atoms with Gasteiger partial charge in [0, 0.05) is 28.0 Å². The summed E-state index contributed by atoms with van der Waals surface area (Å²) in [5, 5.41) is 8.42. The monoisotopic (exact) mass is 571 g/mol. The summed E-state index contributed by atoms with van der Waals surface area (Å²) < 4.78 is 50.4. The van der Waals surface area contributed by atoms with Gasteiger partial charge in [0.1, 0.15) is 0 Å². The molecule has 0 spiro atoms. The lowest BCUT2D eigenvalue weighted by Gasteiger charge is -2.31. The number of aromatic nitrogens is 1. The first-order chi connectivity index (χ1) is 19.0. The Hall–Kier alpha value is -4.12. The molecule has 0 atom stereocenters. The molecule has 0 unspecified atom stereocenters. The van der Waals surface area contributed by atoms with Crippen molar-refractivity contribution in [1.29, 1.82) is 0 Å². The van der Waals surface area contributed by atoms with Crippen molar-refractivity contribution in [3.8, 4) is 11.3 Å². The van der Waals surface area contributed by atoms with Gasteiger partial charge in [0.05, 0.1) is 41.5 Å². The first-order valence-electron chi connectivity index (χ1n) is 12.6. The van der Waals surface area contributed by atoms with Gasteiger partial charge in [0.15, 0.2) is 5.13 Å². The Bertz CT molecular complexity index is 1450. The SMILES string of the molecule is CCOC(=O)C1=C(C)NC(C)=C(C(=O)OCC)C1c1ccccc1Nc1nc(-c2cccc(C(F)(F)F)c2)cs1. The number of halogens is 3. The van der Waals surface area contributed by atoms with E-state index < -0.39 is 29.6 Å². The molecule has 1 aromatic heterocycles. The second-order valence-corrected chi connectivity index (χ2v) is 9.76. The number of para-hydroxylation sites is 1. The largest absolute Gasteiger partial charge is 0.463 e. The van der Waals surface area contributed by atoms with Gasteiger partial charge in [-0.25, -0.2) is 14.6 Å². The molecule has 2 aromatic carbocycles. The number of alkyl halides is 3. The summed E-state index contributed by atoms with van der Waals surface area (Å²) in [5.74, 6) is -1.95. The number of ether oxygens (including phenoxy) is 2. The molecular formula is C29H28F3N3O4S. The number of thiazole rings is 1. The number of allylic oxidation sites excluding steroid dienone is 2. The molecule has 7 nitrogen and oxygen atoms in total. The third-order valence-electron chi connectivity index (χ3n) is 6.25. The van der Waals surface area contributed by atoms with Crippen molar-refractivity contribution < 1.29 is 32.2 Å². The molecule has 2 N–H and O–H groups in total. The number of carbonyl (C=O) groups excluding carboxylic acids is 2. The van der Waals surface area contributed by atoms with E-state index in [4.69, 9.17) is 9.47 Å². The second kappa shape index (κ2) is 12.0. The maximum absolute atomic E-state index is 13.2. The van der Waals surface area contributed by atoms with Crippen LogP contribution in [-0.4, -0.2) is 30.1 Å². The van der Waals surface area contributed by atoms with Gasteiger partial charge in [0.25, 0.3) is 0 Å². The molecular weight excluding hydrogens is 543 g/mol. The number of hydrogen-bond donors (Lipinski definition) is 2. The van der Waals surface area contributed by atoms with Crippen LogP contribution in [0.1, 0.15) is 44.7 Å². The lowest BCUT2D eigenvalue weighted by Crippen LogP contribution is -2.32. The highest BCUT2D eigenvalue weighted by Gasteiger charge is 2.39. The van der Waals surface area contributed by atoms with Crippen LogP contribution in [0.5, 0.6) is 0 Å². The van der Waals surface area contributed by atoms with Crippen molar-refractivity contribution in [3.05, 3.63) is 87.6 Å². The molecule has 1 aliphatic heterocycles. The number of anilines is 2. The normalized spacial score (nSPS) is 14.2. The number of esters is 2. The van der Waals surface area contributed by atoms with E-state index in [0.29, 0.717) is 39.0 Å². The summed E-state index contributed by atoms with van der Waals surface area (Å²) in [5.41, 5.74) is 2.75. The van der Waals surface area contributed by atoms with Crippen LogP contribution in [0.4, 0.5) is 24.0 Å². The minimum Gasteiger partial charge on any atom is -0.463 e. The highest BCUT2D eigenvalue weighted by Crippen LogP contribution is 2.43. The Morgan fingerprint density at radius 3 is 2.20 bits per heavy atom. The molecule has 0 amide bonds. The van der Waals surface area contributed by atoms with Crippen LogP contribution in [0.3, 0.4) is 0 Å². The lowest BCUT2D eigenvalue weighted by atomic mass is 9.79. The maximum Gasteiger partial charge on any atom is 0.416 e. The van der Waals surface area contributed by atoms with Gasteiger partial charge in [-0.2, -0.15) is 13.2 Å². The third kappa shape index (κ3) is 6.04. The molecule has 11 heteroatoms. The van der Waals surface area contributed by atoms with Crippen LogP contribution in [0.2, 0.25) is 0 Å². The van der Waals surface area contributed by atoms with Crippen LogP contribution < -0.4 is 10.6 Å². The summed E-state index contributed by atoms with van der Waals surface area (Å²) >= 11 is 1.22. The summed E-state index contributed by atoms with van der Waals surface area (Å²) in [6.45, 7) is 7.18. The van der Waals surface area contributed by atoms with Crippen LogP contribution >= 0.6 is 11.3 Å². The molecule has 2 heterocycles. The summed E-state index contributed by atoms with van der Waals surface area (Å²) in [6.07, 6.45) is -4.47. The van der Waals surface area contributed by atoms with E-state index in [2.05, 4.69) is 15.6 Å². The molecule has 0 saturated heterocycles. The minimum atomic E-state index is -4.47. The molecule has 0 bridgehead atoms. The highest BCUT2D eigenvalue weighted by molar-refractivity contribution is 7.14. The molecule has 1 aliphatic rings. The van der Waals surface area contributed by atoms with E-state index in [0.717, 1.165) is 12.1 Å². The fourth-order valence-corrected chi connectivity index (χ4v) is 5.29. The second-order valence-electron chi connectivity index (χ2n) is 8.91. The third-order valence-corrected chi connectivity index (χ3v) is 7.01. The molecule has 0 saturated carbocycles. The standard InChI is InChI=1S/C29H28F3N3O4S/c1-5-38-26(36)23-16(3)33-17(4)24(27(37)39-6-2)25(23)20-12-7-8-13-21(20)34-28-35-22(15-40-28)18-10-9-11-19(14-18)29(30,31)32/h7-15,25,33H,5-6H2,1-4H3,(H,34,35). The summed E-state index contributed by atoms with van der Waals surface area (Å²) in [7, 11) is 0. The van der Waals surface area contributed by atoms with Gasteiger partial charge in [-0.05, 0) is 51.5 Å². The smallest absolute Gasteiger partial charge is 0.416 e. The Kier molecular flexibility index (Phi) is 8.63.